The van der Waals surface area contributed by atoms with Crippen molar-refractivity contribution < 1.29 is 8.78 Å². The zero-order valence-electron chi connectivity index (χ0n) is 9.63. The highest BCUT2D eigenvalue weighted by atomic mass is 19.3. The first-order valence-corrected chi connectivity index (χ1v) is 5.88. The fourth-order valence-corrected chi connectivity index (χ4v) is 2.52. The molecule has 0 spiro atoms. The molecule has 1 atom stereocenters. The van der Waals surface area contributed by atoms with Gasteiger partial charge < -0.3 is 4.98 Å². The minimum absolute atomic E-state index is 0.0201. The number of imidazole rings is 1. The lowest BCUT2D eigenvalue weighted by Gasteiger charge is -2.07. The Labute approximate surface area is 98.1 Å². The highest BCUT2D eigenvalue weighted by Crippen LogP contribution is 2.43. The van der Waals surface area contributed by atoms with Gasteiger partial charge in [0.2, 0.25) is 5.92 Å². The first-order chi connectivity index (χ1) is 8.03. The van der Waals surface area contributed by atoms with Crippen LogP contribution < -0.4 is 0 Å². The lowest BCUT2D eigenvalue weighted by Crippen LogP contribution is -2.09. The van der Waals surface area contributed by atoms with Crippen LogP contribution in [-0.4, -0.2) is 15.9 Å². The lowest BCUT2D eigenvalue weighted by molar-refractivity contribution is 0.00756. The highest BCUT2D eigenvalue weighted by Gasteiger charge is 2.41. The highest BCUT2D eigenvalue weighted by molar-refractivity contribution is 5.75. The van der Waals surface area contributed by atoms with Gasteiger partial charge in [0.15, 0.2) is 0 Å². The average molecular weight is 236 g/mol. The second-order valence-electron chi connectivity index (χ2n) is 4.94. The largest absolute Gasteiger partial charge is 0.342 e. The van der Waals surface area contributed by atoms with E-state index in [-0.39, 0.29) is 18.8 Å². The Hall–Kier alpha value is -1.45. The van der Waals surface area contributed by atoms with Crippen molar-refractivity contribution in [1.82, 2.24) is 9.97 Å². The Kier molecular flexibility index (Phi) is 2.21. The molecule has 1 saturated carbocycles. The smallest absolute Gasteiger partial charge is 0.248 e. The molecular formula is C13H14F2N2. The number of hydrogen-bond acceptors (Lipinski definition) is 1. The molecule has 1 fully saturated rings. The molecule has 0 aliphatic heterocycles. The average Bonchev–Trinajstić information content (AvgIpc) is 2.80. The molecule has 17 heavy (non-hydrogen) atoms. The summed E-state index contributed by atoms with van der Waals surface area (Å²) in [5.74, 6) is -1.93. The van der Waals surface area contributed by atoms with E-state index in [1.165, 1.54) is 0 Å². The van der Waals surface area contributed by atoms with Crippen LogP contribution in [0.1, 0.15) is 36.6 Å². The molecular weight excluding hydrogens is 222 g/mol. The van der Waals surface area contributed by atoms with Crippen LogP contribution in [0, 0.1) is 6.92 Å². The molecule has 4 heteroatoms. The summed E-state index contributed by atoms with van der Waals surface area (Å²) in [6.07, 6.45) is 0.422. The first-order valence-electron chi connectivity index (χ1n) is 5.88. The van der Waals surface area contributed by atoms with Crippen LogP contribution in [-0.2, 0) is 0 Å². The van der Waals surface area contributed by atoms with E-state index in [0.29, 0.717) is 12.2 Å². The standard InChI is InChI=1S/C13H14F2N2/c1-8-2-3-10-11(6-8)17-12(16-10)9-4-5-13(14,15)7-9/h2-3,6,9H,4-5,7H2,1H3,(H,16,17). The third-order valence-corrected chi connectivity index (χ3v) is 3.45. The molecule has 1 aromatic carbocycles. The molecule has 3 rings (SSSR count). The fourth-order valence-electron chi connectivity index (χ4n) is 2.52. The number of nitrogens with zero attached hydrogens (tertiary/aromatic N) is 1. The van der Waals surface area contributed by atoms with Crippen LogP contribution in [0.2, 0.25) is 0 Å². The zero-order chi connectivity index (χ0) is 12.0. The van der Waals surface area contributed by atoms with Gasteiger partial charge in [-0.15, -0.1) is 0 Å². The van der Waals surface area contributed by atoms with E-state index >= 15 is 0 Å². The Morgan fingerprint density at radius 3 is 2.94 bits per heavy atom. The van der Waals surface area contributed by atoms with Gasteiger partial charge in [-0.1, -0.05) is 6.07 Å². The van der Waals surface area contributed by atoms with Gasteiger partial charge in [-0.3, -0.25) is 0 Å². The van der Waals surface area contributed by atoms with Gasteiger partial charge >= 0.3 is 0 Å². The van der Waals surface area contributed by atoms with Crippen molar-refractivity contribution in [1.29, 1.82) is 0 Å². The second kappa shape index (κ2) is 3.52. The molecule has 0 amide bonds. The summed E-state index contributed by atoms with van der Waals surface area (Å²) < 4.78 is 26.3. The number of hydrogen-bond donors (Lipinski definition) is 1. The van der Waals surface area contributed by atoms with Crippen molar-refractivity contribution in [2.75, 3.05) is 0 Å². The summed E-state index contributed by atoms with van der Waals surface area (Å²) >= 11 is 0. The first kappa shape index (κ1) is 10.7. The number of aromatic nitrogens is 2. The number of halogens is 2. The van der Waals surface area contributed by atoms with Gasteiger partial charge in [0.1, 0.15) is 5.82 Å². The van der Waals surface area contributed by atoms with Crippen LogP contribution in [0.3, 0.4) is 0 Å². The van der Waals surface area contributed by atoms with Gasteiger partial charge in [0, 0.05) is 18.8 Å². The topological polar surface area (TPSA) is 28.7 Å². The van der Waals surface area contributed by atoms with Gasteiger partial charge in [0.25, 0.3) is 0 Å². The molecule has 0 radical (unpaired) electrons. The second-order valence-corrected chi connectivity index (χ2v) is 4.94. The van der Waals surface area contributed by atoms with Crippen molar-refractivity contribution in [3.8, 4) is 0 Å². The van der Waals surface area contributed by atoms with Crippen molar-refractivity contribution in [3.05, 3.63) is 29.6 Å². The van der Waals surface area contributed by atoms with Gasteiger partial charge in [-0.05, 0) is 31.0 Å². The Balaban J connectivity index is 1.96. The predicted molar refractivity (Wildman–Crippen MR) is 62.4 cm³/mol. The van der Waals surface area contributed by atoms with Gasteiger partial charge in [-0.25, -0.2) is 13.8 Å². The fraction of sp³-hybridized carbons (Fsp3) is 0.462. The summed E-state index contributed by atoms with van der Waals surface area (Å²) in [6, 6.07) is 5.91. The maximum atomic E-state index is 13.2. The number of aryl methyl sites for hydroxylation is 1. The van der Waals surface area contributed by atoms with Crippen LogP contribution in [0.15, 0.2) is 18.2 Å². The summed E-state index contributed by atoms with van der Waals surface area (Å²) in [7, 11) is 0. The molecule has 2 aromatic rings. The maximum absolute atomic E-state index is 13.2. The van der Waals surface area contributed by atoms with E-state index in [0.717, 1.165) is 16.6 Å². The summed E-state index contributed by atoms with van der Waals surface area (Å²) in [5.41, 5.74) is 2.94. The number of rotatable bonds is 1. The van der Waals surface area contributed by atoms with E-state index in [2.05, 4.69) is 9.97 Å². The minimum Gasteiger partial charge on any atom is -0.342 e. The number of aromatic amines is 1. The van der Waals surface area contributed by atoms with E-state index in [4.69, 9.17) is 0 Å². The number of nitrogens with one attached hydrogen (secondary N) is 1. The molecule has 0 bridgehead atoms. The summed E-state index contributed by atoms with van der Waals surface area (Å²) in [4.78, 5) is 7.58. The Morgan fingerprint density at radius 1 is 1.41 bits per heavy atom. The van der Waals surface area contributed by atoms with Gasteiger partial charge in [-0.2, -0.15) is 0 Å². The van der Waals surface area contributed by atoms with E-state index in [9.17, 15) is 8.78 Å². The molecule has 2 nitrogen and oxygen atoms in total. The molecule has 1 unspecified atom stereocenters. The monoisotopic (exact) mass is 236 g/mol. The quantitative estimate of drug-likeness (QED) is 0.802. The Morgan fingerprint density at radius 2 is 2.24 bits per heavy atom. The normalized spacial score (nSPS) is 23.4. The molecule has 1 aromatic heterocycles. The lowest BCUT2D eigenvalue weighted by atomic mass is 10.1. The van der Waals surface area contributed by atoms with Crippen LogP contribution in [0.5, 0.6) is 0 Å². The van der Waals surface area contributed by atoms with Crippen molar-refractivity contribution in [2.24, 2.45) is 0 Å². The number of alkyl halides is 2. The number of H-pyrrole nitrogens is 1. The minimum atomic E-state index is -2.51. The third-order valence-electron chi connectivity index (χ3n) is 3.45. The van der Waals surface area contributed by atoms with Crippen molar-refractivity contribution >= 4 is 11.0 Å². The molecule has 0 saturated heterocycles. The molecule has 1 aliphatic carbocycles. The third kappa shape index (κ3) is 1.92. The van der Waals surface area contributed by atoms with Crippen LogP contribution in [0.4, 0.5) is 8.78 Å². The summed E-state index contributed by atoms with van der Waals surface area (Å²) in [5, 5.41) is 0. The van der Waals surface area contributed by atoms with E-state index < -0.39 is 5.92 Å². The van der Waals surface area contributed by atoms with Crippen LogP contribution >= 0.6 is 0 Å². The maximum Gasteiger partial charge on any atom is 0.248 e. The molecule has 1 N–H and O–H groups in total. The SMILES string of the molecule is Cc1ccc2nc(C3CCC(F)(F)C3)[nH]c2c1. The van der Waals surface area contributed by atoms with Gasteiger partial charge in [0.05, 0.1) is 11.0 Å². The summed E-state index contributed by atoms with van der Waals surface area (Å²) in [6.45, 7) is 2.00. The number of fused-ring (bicyclic) bond motifs is 1. The molecule has 90 valence electrons. The molecule has 1 heterocycles. The van der Waals surface area contributed by atoms with Crippen molar-refractivity contribution in [3.63, 3.8) is 0 Å². The molecule has 1 aliphatic rings. The Bertz CT molecular complexity index is 560. The van der Waals surface area contributed by atoms with E-state index in [1.54, 1.807) is 0 Å². The number of benzene rings is 1. The predicted octanol–water partition coefficient (Wildman–Crippen LogP) is 3.77. The van der Waals surface area contributed by atoms with Crippen molar-refractivity contribution in [2.45, 2.75) is 38.0 Å². The zero-order valence-corrected chi connectivity index (χ0v) is 9.63. The van der Waals surface area contributed by atoms with Crippen LogP contribution in [0.25, 0.3) is 11.0 Å². The van der Waals surface area contributed by atoms with E-state index in [1.807, 2.05) is 25.1 Å².